The van der Waals surface area contributed by atoms with Crippen molar-refractivity contribution in [2.45, 2.75) is 38.3 Å². The Labute approximate surface area is 90.8 Å². The van der Waals surface area contributed by atoms with Crippen molar-refractivity contribution in [3.8, 4) is 0 Å². The van der Waals surface area contributed by atoms with E-state index in [9.17, 15) is 0 Å². The molecule has 0 atom stereocenters. The lowest BCUT2D eigenvalue weighted by Gasteiger charge is -2.43. The van der Waals surface area contributed by atoms with Crippen LogP contribution in [0.15, 0.2) is 0 Å². The Bertz CT molecular complexity index is 238. The molecule has 1 N–H and O–H groups in total. The lowest BCUT2D eigenvalue weighted by atomic mass is 10.0. The fourth-order valence-electron chi connectivity index (χ4n) is 1.72. The highest BCUT2D eigenvalue weighted by atomic mass is 32.1. The monoisotopic (exact) mass is 214 g/mol. The summed E-state index contributed by atoms with van der Waals surface area (Å²) in [5, 5.41) is 4.28. The van der Waals surface area contributed by atoms with Crippen LogP contribution in [-0.4, -0.2) is 41.4 Å². The minimum Gasteiger partial charge on any atom is -0.377 e. The average molecular weight is 214 g/mol. The van der Waals surface area contributed by atoms with Crippen molar-refractivity contribution in [1.82, 2.24) is 10.2 Å². The first-order chi connectivity index (χ1) is 6.59. The van der Waals surface area contributed by atoms with E-state index >= 15 is 0 Å². The van der Waals surface area contributed by atoms with Crippen molar-refractivity contribution < 1.29 is 4.74 Å². The topological polar surface area (TPSA) is 24.5 Å². The summed E-state index contributed by atoms with van der Waals surface area (Å²) in [5.41, 5.74) is 0.0389. The molecule has 0 radical (unpaired) electrons. The van der Waals surface area contributed by atoms with Crippen LogP contribution in [0.5, 0.6) is 0 Å². The fourth-order valence-corrected chi connectivity index (χ4v) is 2.22. The van der Waals surface area contributed by atoms with E-state index in [4.69, 9.17) is 17.0 Å². The van der Waals surface area contributed by atoms with Crippen LogP contribution in [0, 0.1) is 0 Å². The second kappa shape index (κ2) is 3.66. The predicted molar refractivity (Wildman–Crippen MR) is 60.4 cm³/mol. The highest BCUT2D eigenvalue weighted by Crippen LogP contribution is 2.23. The van der Waals surface area contributed by atoms with Gasteiger partial charge >= 0.3 is 0 Å². The molecule has 14 heavy (non-hydrogen) atoms. The molecule has 3 nitrogen and oxygen atoms in total. The van der Waals surface area contributed by atoms with E-state index in [-0.39, 0.29) is 5.54 Å². The summed E-state index contributed by atoms with van der Waals surface area (Å²) in [4.78, 5) is 2.25. The predicted octanol–water partition coefficient (Wildman–Crippen LogP) is 1.13. The normalized spacial score (nSPS) is 26.0. The van der Waals surface area contributed by atoms with Crippen LogP contribution in [-0.2, 0) is 4.74 Å². The van der Waals surface area contributed by atoms with Crippen molar-refractivity contribution in [1.29, 1.82) is 0 Å². The first kappa shape index (κ1) is 10.2. The molecule has 80 valence electrons. The van der Waals surface area contributed by atoms with Gasteiger partial charge in [0.1, 0.15) is 0 Å². The standard InChI is InChI=1S/C10H18N2OS/c1-10(2)7-13-6-5-12(10)9(14)11-8-3-4-8/h8H,3-7H2,1-2H3,(H,11,14). The van der Waals surface area contributed by atoms with E-state index in [1.807, 2.05) is 0 Å². The van der Waals surface area contributed by atoms with Gasteiger partial charge in [-0.2, -0.15) is 0 Å². The Balaban J connectivity index is 1.95. The molecule has 0 aromatic carbocycles. The number of rotatable bonds is 1. The summed E-state index contributed by atoms with van der Waals surface area (Å²) in [5.74, 6) is 0. The Hall–Kier alpha value is -0.350. The maximum Gasteiger partial charge on any atom is 0.169 e. The second-order valence-electron chi connectivity index (χ2n) is 4.74. The Morgan fingerprint density at radius 2 is 2.21 bits per heavy atom. The van der Waals surface area contributed by atoms with Gasteiger partial charge in [0, 0.05) is 12.6 Å². The number of nitrogens with zero attached hydrogens (tertiary/aromatic N) is 1. The van der Waals surface area contributed by atoms with Crippen molar-refractivity contribution in [2.75, 3.05) is 19.8 Å². The van der Waals surface area contributed by atoms with Crippen molar-refractivity contribution >= 4 is 17.3 Å². The van der Waals surface area contributed by atoms with Gasteiger partial charge in [0.2, 0.25) is 0 Å². The van der Waals surface area contributed by atoms with Crippen molar-refractivity contribution in [3.63, 3.8) is 0 Å². The highest BCUT2D eigenvalue weighted by molar-refractivity contribution is 7.80. The molecule has 0 aromatic heterocycles. The number of ether oxygens (including phenoxy) is 1. The summed E-state index contributed by atoms with van der Waals surface area (Å²) in [7, 11) is 0. The van der Waals surface area contributed by atoms with Crippen LogP contribution < -0.4 is 5.32 Å². The smallest absolute Gasteiger partial charge is 0.169 e. The zero-order valence-corrected chi connectivity index (χ0v) is 9.69. The summed E-state index contributed by atoms with van der Waals surface area (Å²) >= 11 is 5.40. The van der Waals surface area contributed by atoms with Gasteiger partial charge in [-0.15, -0.1) is 0 Å². The van der Waals surface area contributed by atoms with Gasteiger partial charge in [-0.25, -0.2) is 0 Å². The molecule has 2 fully saturated rings. The van der Waals surface area contributed by atoms with Gasteiger partial charge in [-0.05, 0) is 38.9 Å². The molecular weight excluding hydrogens is 196 g/mol. The van der Waals surface area contributed by atoms with E-state index in [0.29, 0.717) is 6.04 Å². The quantitative estimate of drug-likeness (QED) is 0.661. The molecule has 1 saturated carbocycles. The van der Waals surface area contributed by atoms with Crippen molar-refractivity contribution in [3.05, 3.63) is 0 Å². The molecule has 0 spiro atoms. The molecule has 1 aliphatic heterocycles. The third-order valence-corrected chi connectivity index (χ3v) is 3.13. The summed E-state index contributed by atoms with van der Waals surface area (Å²) in [6.07, 6.45) is 2.54. The maximum atomic E-state index is 5.46. The zero-order valence-electron chi connectivity index (χ0n) is 8.88. The summed E-state index contributed by atoms with van der Waals surface area (Å²) < 4.78 is 5.46. The van der Waals surface area contributed by atoms with Crippen LogP contribution >= 0.6 is 12.2 Å². The molecule has 2 rings (SSSR count). The molecule has 0 bridgehead atoms. The van der Waals surface area contributed by atoms with Gasteiger partial charge in [-0.3, -0.25) is 0 Å². The zero-order chi connectivity index (χ0) is 10.2. The molecule has 1 heterocycles. The Morgan fingerprint density at radius 1 is 1.50 bits per heavy atom. The summed E-state index contributed by atoms with van der Waals surface area (Å²) in [6.45, 7) is 6.81. The van der Waals surface area contributed by atoms with Crippen LogP contribution in [0.1, 0.15) is 26.7 Å². The highest BCUT2D eigenvalue weighted by Gasteiger charge is 2.34. The lowest BCUT2D eigenvalue weighted by molar-refractivity contribution is -0.0153. The molecule has 2 aliphatic rings. The third-order valence-electron chi connectivity index (χ3n) is 2.80. The Morgan fingerprint density at radius 3 is 2.79 bits per heavy atom. The molecule has 1 aliphatic carbocycles. The number of morpholine rings is 1. The Kier molecular flexibility index (Phi) is 2.66. The molecule has 0 aromatic rings. The van der Waals surface area contributed by atoms with Crippen LogP contribution in [0.4, 0.5) is 0 Å². The van der Waals surface area contributed by atoms with Gasteiger partial charge in [-0.1, -0.05) is 0 Å². The molecule has 1 saturated heterocycles. The fraction of sp³-hybridized carbons (Fsp3) is 0.900. The average Bonchev–Trinajstić information content (AvgIpc) is 2.87. The van der Waals surface area contributed by atoms with E-state index in [1.165, 1.54) is 12.8 Å². The number of hydrogen-bond donors (Lipinski definition) is 1. The minimum atomic E-state index is 0.0389. The largest absolute Gasteiger partial charge is 0.377 e. The van der Waals surface area contributed by atoms with Gasteiger partial charge in [0.05, 0.1) is 18.8 Å². The molecule has 4 heteroatoms. The van der Waals surface area contributed by atoms with Crippen LogP contribution in [0.3, 0.4) is 0 Å². The first-order valence-corrected chi connectivity index (χ1v) is 5.66. The summed E-state index contributed by atoms with van der Waals surface area (Å²) in [6, 6.07) is 0.640. The molecular formula is C10H18N2OS. The van der Waals surface area contributed by atoms with E-state index in [1.54, 1.807) is 0 Å². The SMILES string of the molecule is CC1(C)COCCN1C(=S)NC1CC1. The third kappa shape index (κ3) is 2.17. The minimum absolute atomic E-state index is 0.0389. The number of hydrogen-bond acceptors (Lipinski definition) is 2. The maximum absolute atomic E-state index is 5.46. The van der Waals surface area contributed by atoms with E-state index < -0.39 is 0 Å². The van der Waals surface area contributed by atoms with Gasteiger partial charge in [0.15, 0.2) is 5.11 Å². The van der Waals surface area contributed by atoms with E-state index in [2.05, 4.69) is 24.1 Å². The van der Waals surface area contributed by atoms with Crippen molar-refractivity contribution in [2.24, 2.45) is 0 Å². The van der Waals surface area contributed by atoms with Gasteiger partial charge in [0.25, 0.3) is 0 Å². The molecule has 0 amide bonds. The number of nitrogens with one attached hydrogen (secondary N) is 1. The van der Waals surface area contributed by atoms with E-state index in [0.717, 1.165) is 24.9 Å². The second-order valence-corrected chi connectivity index (χ2v) is 5.13. The first-order valence-electron chi connectivity index (χ1n) is 5.25. The lowest BCUT2D eigenvalue weighted by Crippen LogP contribution is -2.58. The van der Waals surface area contributed by atoms with Gasteiger partial charge < -0.3 is 15.0 Å². The molecule has 0 unspecified atom stereocenters. The van der Waals surface area contributed by atoms with Crippen LogP contribution in [0.2, 0.25) is 0 Å². The number of thiocarbonyl (C=S) groups is 1. The van der Waals surface area contributed by atoms with Crippen LogP contribution in [0.25, 0.3) is 0 Å².